The van der Waals surface area contributed by atoms with Gasteiger partial charge in [0.2, 0.25) is 5.91 Å². The number of nitrogens with one attached hydrogen (secondary N) is 1. The Morgan fingerprint density at radius 1 is 1.32 bits per heavy atom. The van der Waals surface area contributed by atoms with Gasteiger partial charge in [0.15, 0.2) is 8.68 Å². The summed E-state index contributed by atoms with van der Waals surface area (Å²) in [5, 5.41) is 11.5. The van der Waals surface area contributed by atoms with Crippen molar-refractivity contribution in [2.75, 3.05) is 11.1 Å². The van der Waals surface area contributed by atoms with Crippen LogP contribution in [-0.4, -0.2) is 27.1 Å². The van der Waals surface area contributed by atoms with E-state index in [0.29, 0.717) is 5.02 Å². The van der Waals surface area contributed by atoms with Crippen LogP contribution in [0.2, 0.25) is 5.02 Å². The lowest BCUT2D eigenvalue weighted by Gasteiger charge is -2.10. The summed E-state index contributed by atoms with van der Waals surface area (Å²) in [4.78, 5) is 12.2. The van der Waals surface area contributed by atoms with Crippen LogP contribution in [0, 0.1) is 0 Å². The van der Waals surface area contributed by atoms with Gasteiger partial charge in [-0.05, 0) is 37.6 Å². The van der Waals surface area contributed by atoms with Crippen LogP contribution in [0.15, 0.2) is 32.9 Å². The molecule has 0 radical (unpaired) electrons. The topological polar surface area (TPSA) is 54.9 Å². The number of rotatable bonds is 7. The van der Waals surface area contributed by atoms with Gasteiger partial charge in [-0.3, -0.25) is 4.79 Å². The fourth-order valence-corrected chi connectivity index (χ4v) is 4.69. The molecule has 2 rings (SSSR count). The molecule has 1 N–H and O–H groups in total. The molecule has 1 aromatic heterocycles. The van der Waals surface area contributed by atoms with Crippen LogP contribution in [0.4, 0.5) is 5.69 Å². The molecule has 2 aromatic rings. The fourth-order valence-electron chi connectivity index (χ4n) is 1.47. The Bertz CT molecular complexity index is 618. The van der Waals surface area contributed by atoms with E-state index < -0.39 is 0 Å². The van der Waals surface area contributed by atoms with Crippen LogP contribution in [0.25, 0.3) is 0 Å². The third-order valence-electron chi connectivity index (χ3n) is 2.58. The zero-order chi connectivity index (χ0) is 15.9. The second kappa shape index (κ2) is 8.76. The molecule has 4 nitrogen and oxygen atoms in total. The summed E-state index contributed by atoms with van der Waals surface area (Å²) >= 11 is 10.5. The summed E-state index contributed by atoms with van der Waals surface area (Å²) < 4.78 is 1.77. The second-order valence-corrected chi connectivity index (χ2v) is 8.78. The predicted octanol–water partition coefficient (Wildman–Crippen LogP) is 4.81. The normalized spacial score (nSPS) is 12.1. The summed E-state index contributed by atoms with van der Waals surface area (Å²) in [6.45, 7) is 3.99. The lowest BCUT2D eigenvalue weighted by atomic mass is 10.3. The number of carbonyl (C=O) groups is 1. The van der Waals surface area contributed by atoms with Crippen molar-refractivity contribution in [3.8, 4) is 0 Å². The van der Waals surface area contributed by atoms with Crippen LogP contribution < -0.4 is 5.32 Å². The minimum atomic E-state index is -0.243. The van der Waals surface area contributed by atoms with Gasteiger partial charge in [0, 0.05) is 16.5 Å². The van der Waals surface area contributed by atoms with Crippen molar-refractivity contribution in [1.29, 1.82) is 0 Å². The third-order valence-corrected chi connectivity index (χ3v) is 6.27. The molecule has 8 heteroatoms. The maximum Gasteiger partial charge on any atom is 0.237 e. The first-order valence-electron chi connectivity index (χ1n) is 6.78. The first-order valence-corrected chi connectivity index (χ1v) is 9.84. The molecule has 118 valence electrons. The van der Waals surface area contributed by atoms with E-state index in [9.17, 15) is 4.79 Å². The van der Waals surface area contributed by atoms with Gasteiger partial charge in [0.25, 0.3) is 0 Å². The average Bonchev–Trinajstić information content (AvgIpc) is 2.95. The number of aromatic nitrogens is 2. The summed E-state index contributed by atoms with van der Waals surface area (Å²) in [5.74, 6) is 0.969. The van der Waals surface area contributed by atoms with Crippen molar-refractivity contribution >= 4 is 58.1 Å². The molecule has 0 aliphatic heterocycles. The molecule has 1 atom stereocenters. The Kier molecular flexibility index (Phi) is 7.01. The first kappa shape index (κ1) is 17.6. The molecule has 0 bridgehead atoms. The van der Waals surface area contributed by atoms with Crippen LogP contribution in [0.3, 0.4) is 0 Å². The smallest absolute Gasteiger partial charge is 0.237 e. The number of carbonyl (C=O) groups excluding carboxylic acids is 1. The molecule has 0 saturated carbocycles. The predicted molar refractivity (Wildman–Crippen MR) is 96.3 cm³/mol. The average molecular weight is 374 g/mol. The molecule has 22 heavy (non-hydrogen) atoms. The van der Waals surface area contributed by atoms with Crippen molar-refractivity contribution < 1.29 is 4.79 Å². The van der Waals surface area contributed by atoms with Crippen molar-refractivity contribution in [3.05, 3.63) is 29.3 Å². The number of hydrogen-bond donors (Lipinski definition) is 1. The number of amides is 1. The van der Waals surface area contributed by atoms with E-state index >= 15 is 0 Å². The van der Waals surface area contributed by atoms with Gasteiger partial charge < -0.3 is 5.32 Å². The number of thioether (sulfide) groups is 2. The Labute approximate surface area is 147 Å². The van der Waals surface area contributed by atoms with Gasteiger partial charge in [-0.15, -0.1) is 10.2 Å². The van der Waals surface area contributed by atoms with Gasteiger partial charge in [-0.1, -0.05) is 53.4 Å². The quantitative estimate of drug-likeness (QED) is 0.705. The molecule has 0 aliphatic rings. The zero-order valence-electron chi connectivity index (χ0n) is 12.2. The fraction of sp³-hybridized carbons (Fsp3) is 0.357. The van der Waals surface area contributed by atoms with Crippen molar-refractivity contribution in [2.45, 2.75) is 34.2 Å². The summed E-state index contributed by atoms with van der Waals surface area (Å²) in [7, 11) is 0. The number of halogens is 1. The van der Waals surface area contributed by atoms with Crippen molar-refractivity contribution in [1.82, 2.24) is 10.2 Å². The van der Waals surface area contributed by atoms with Crippen LogP contribution in [-0.2, 0) is 4.79 Å². The number of anilines is 1. The van der Waals surface area contributed by atoms with Crippen LogP contribution in [0.1, 0.15) is 20.3 Å². The number of hydrogen-bond acceptors (Lipinski definition) is 6. The van der Waals surface area contributed by atoms with Crippen LogP contribution >= 0.6 is 46.5 Å². The van der Waals surface area contributed by atoms with Crippen molar-refractivity contribution in [2.24, 2.45) is 0 Å². The molecule has 1 amide bonds. The number of benzene rings is 1. The van der Waals surface area contributed by atoms with Gasteiger partial charge in [0.05, 0.1) is 5.25 Å². The molecule has 0 fully saturated rings. The Hall–Kier alpha value is -0.760. The highest BCUT2D eigenvalue weighted by Gasteiger charge is 2.17. The third kappa shape index (κ3) is 5.46. The largest absolute Gasteiger partial charge is 0.325 e. The van der Waals surface area contributed by atoms with E-state index in [0.717, 1.165) is 26.5 Å². The van der Waals surface area contributed by atoms with Gasteiger partial charge >= 0.3 is 0 Å². The lowest BCUT2D eigenvalue weighted by Crippen LogP contribution is -2.22. The Morgan fingerprint density at radius 3 is 2.68 bits per heavy atom. The van der Waals surface area contributed by atoms with E-state index in [1.807, 2.05) is 6.92 Å². The highest BCUT2D eigenvalue weighted by Crippen LogP contribution is 2.31. The Morgan fingerprint density at radius 2 is 2.00 bits per heavy atom. The highest BCUT2D eigenvalue weighted by atomic mass is 35.5. The Balaban J connectivity index is 1.87. The summed E-state index contributed by atoms with van der Waals surface area (Å²) in [5.41, 5.74) is 0.735. The summed E-state index contributed by atoms with van der Waals surface area (Å²) in [6.07, 6.45) is 1.10. The van der Waals surface area contributed by atoms with E-state index in [-0.39, 0.29) is 11.2 Å². The maximum atomic E-state index is 12.2. The monoisotopic (exact) mass is 373 g/mol. The van der Waals surface area contributed by atoms with E-state index in [4.69, 9.17) is 11.6 Å². The molecule has 1 aromatic carbocycles. The van der Waals surface area contributed by atoms with Crippen molar-refractivity contribution in [3.63, 3.8) is 0 Å². The molecule has 0 aliphatic carbocycles. The highest BCUT2D eigenvalue weighted by molar-refractivity contribution is 8.03. The molecule has 0 spiro atoms. The van der Waals surface area contributed by atoms with E-state index in [1.165, 1.54) is 23.1 Å². The first-order chi connectivity index (χ1) is 10.6. The second-order valence-electron chi connectivity index (χ2n) is 4.44. The zero-order valence-corrected chi connectivity index (χ0v) is 15.4. The molecular weight excluding hydrogens is 358 g/mol. The lowest BCUT2D eigenvalue weighted by molar-refractivity contribution is -0.115. The van der Waals surface area contributed by atoms with Crippen LogP contribution in [0.5, 0.6) is 0 Å². The summed E-state index contributed by atoms with van der Waals surface area (Å²) in [6, 6.07) is 7.05. The molecule has 0 saturated heterocycles. The van der Waals surface area contributed by atoms with Gasteiger partial charge in [-0.25, -0.2) is 0 Å². The van der Waals surface area contributed by atoms with Gasteiger partial charge in [0.1, 0.15) is 0 Å². The van der Waals surface area contributed by atoms with Gasteiger partial charge in [-0.2, -0.15) is 0 Å². The SMILES string of the molecule is CCCSc1nnc(S[C@H](C)C(=O)Nc2ccc(Cl)cc2)s1. The minimum absolute atomic E-state index is 0.0646. The van der Waals surface area contributed by atoms with E-state index in [1.54, 1.807) is 36.0 Å². The molecule has 0 unspecified atom stereocenters. The number of nitrogens with zero attached hydrogens (tertiary/aromatic N) is 2. The maximum absolute atomic E-state index is 12.2. The minimum Gasteiger partial charge on any atom is -0.325 e. The standard InChI is InChI=1S/C14H16ClN3OS3/c1-3-8-20-13-17-18-14(22-13)21-9(2)12(19)16-11-6-4-10(15)5-7-11/h4-7,9H,3,8H2,1-2H3,(H,16,19)/t9-/m1/s1. The van der Waals surface area contributed by atoms with E-state index in [2.05, 4.69) is 22.4 Å². The molecule has 1 heterocycles. The molecular formula is C14H16ClN3OS3.